The van der Waals surface area contributed by atoms with Gasteiger partial charge < -0.3 is 9.64 Å². The first-order chi connectivity index (χ1) is 16.0. The SMILES string of the molecule is O=C1CC[C@@H](N2Cc3cc(-c4cc(CN5C[C@H]6COC[C@H]6C5)ccn4)ccc3C2=O)C(=O)N1. The highest BCUT2D eigenvalue weighted by atomic mass is 16.5. The van der Waals surface area contributed by atoms with E-state index in [1.165, 1.54) is 5.56 Å². The molecule has 33 heavy (non-hydrogen) atoms. The molecular formula is C25H26N4O4. The van der Waals surface area contributed by atoms with Gasteiger partial charge in [0, 0.05) is 61.8 Å². The van der Waals surface area contributed by atoms with Crippen LogP contribution in [0.4, 0.5) is 0 Å². The van der Waals surface area contributed by atoms with Crippen LogP contribution in [0.15, 0.2) is 36.5 Å². The number of benzene rings is 1. The first-order valence-corrected chi connectivity index (χ1v) is 11.6. The van der Waals surface area contributed by atoms with E-state index in [2.05, 4.69) is 27.3 Å². The number of aromatic nitrogens is 1. The molecule has 170 valence electrons. The Bertz CT molecular complexity index is 1140. The number of ether oxygens (including phenoxy) is 1. The molecule has 1 aromatic carbocycles. The smallest absolute Gasteiger partial charge is 0.255 e. The number of amides is 3. The van der Waals surface area contributed by atoms with Crippen LogP contribution in [0.25, 0.3) is 11.3 Å². The summed E-state index contributed by atoms with van der Waals surface area (Å²) in [5.74, 6) is 0.496. The summed E-state index contributed by atoms with van der Waals surface area (Å²) >= 11 is 0. The molecule has 3 atom stereocenters. The molecule has 1 N–H and O–H groups in total. The molecule has 3 saturated heterocycles. The van der Waals surface area contributed by atoms with Crippen LogP contribution in [0.5, 0.6) is 0 Å². The summed E-state index contributed by atoms with van der Waals surface area (Å²) in [6, 6.07) is 9.35. The first-order valence-electron chi connectivity index (χ1n) is 11.6. The molecular weight excluding hydrogens is 420 g/mol. The molecule has 3 amide bonds. The number of pyridine rings is 1. The number of carbonyl (C=O) groups is 3. The Morgan fingerprint density at radius 3 is 2.67 bits per heavy atom. The summed E-state index contributed by atoms with van der Waals surface area (Å²) in [5, 5.41) is 2.35. The maximum Gasteiger partial charge on any atom is 0.255 e. The number of rotatable bonds is 4. The number of piperidine rings is 1. The van der Waals surface area contributed by atoms with E-state index in [4.69, 9.17) is 4.74 Å². The summed E-state index contributed by atoms with van der Waals surface area (Å²) in [4.78, 5) is 45.3. The lowest BCUT2D eigenvalue weighted by Crippen LogP contribution is -2.52. The number of likely N-dealkylation sites (tertiary alicyclic amines) is 1. The van der Waals surface area contributed by atoms with Crippen LogP contribution in [0.1, 0.15) is 34.3 Å². The predicted molar refractivity (Wildman–Crippen MR) is 119 cm³/mol. The van der Waals surface area contributed by atoms with Crippen molar-refractivity contribution < 1.29 is 19.1 Å². The average molecular weight is 447 g/mol. The molecule has 0 saturated carbocycles. The molecule has 2 aromatic rings. The van der Waals surface area contributed by atoms with Crippen LogP contribution < -0.4 is 5.32 Å². The molecule has 0 bridgehead atoms. The van der Waals surface area contributed by atoms with E-state index >= 15 is 0 Å². The minimum Gasteiger partial charge on any atom is -0.381 e. The Kier molecular flexibility index (Phi) is 4.99. The zero-order valence-corrected chi connectivity index (χ0v) is 18.3. The Balaban J connectivity index is 1.19. The monoisotopic (exact) mass is 446 g/mol. The second-order valence-corrected chi connectivity index (χ2v) is 9.57. The van der Waals surface area contributed by atoms with Gasteiger partial charge in [0.2, 0.25) is 11.8 Å². The molecule has 0 unspecified atom stereocenters. The van der Waals surface area contributed by atoms with Crippen LogP contribution in [0, 0.1) is 11.8 Å². The van der Waals surface area contributed by atoms with Gasteiger partial charge in [-0.2, -0.15) is 0 Å². The molecule has 8 nitrogen and oxygen atoms in total. The van der Waals surface area contributed by atoms with Crippen LogP contribution >= 0.6 is 0 Å². The number of carbonyl (C=O) groups excluding carboxylic acids is 3. The number of nitrogens with zero attached hydrogens (tertiary/aromatic N) is 3. The van der Waals surface area contributed by atoms with Crippen molar-refractivity contribution in [1.82, 2.24) is 20.1 Å². The number of hydrogen-bond acceptors (Lipinski definition) is 6. The highest BCUT2D eigenvalue weighted by Gasteiger charge is 2.39. The van der Waals surface area contributed by atoms with Crippen LogP contribution in [-0.2, 0) is 27.4 Å². The quantitative estimate of drug-likeness (QED) is 0.718. The topological polar surface area (TPSA) is 91.8 Å². The van der Waals surface area contributed by atoms with E-state index < -0.39 is 6.04 Å². The molecule has 4 aliphatic heterocycles. The fourth-order valence-corrected chi connectivity index (χ4v) is 5.64. The van der Waals surface area contributed by atoms with Crippen molar-refractivity contribution in [3.63, 3.8) is 0 Å². The lowest BCUT2D eigenvalue weighted by molar-refractivity contribution is -0.136. The summed E-state index contributed by atoms with van der Waals surface area (Å²) in [6.45, 7) is 5.19. The molecule has 0 aliphatic carbocycles. The van der Waals surface area contributed by atoms with Crippen molar-refractivity contribution in [1.29, 1.82) is 0 Å². The van der Waals surface area contributed by atoms with E-state index in [0.717, 1.165) is 49.7 Å². The highest BCUT2D eigenvalue weighted by molar-refractivity contribution is 6.05. The van der Waals surface area contributed by atoms with E-state index in [9.17, 15) is 14.4 Å². The molecule has 3 fully saturated rings. The average Bonchev–Trinajstić information content (AvgIpc) is 3.48. The highest BCUT2D eigenvalue weighted by Crippen LogP contribution is 2.32. The van der Waals surface area contributed by atoms with Crippen molar-refractivity contribution in [3.8, 4) is 11.3 Å². The summed E-state index contributed by atoms with van der Waals surface area (Å²) in [5.41, 5.74) is 4.57. The third-order valence-electron chi connectivity index (χ3n) is 7.37. The van der Waals surface area contributed by atoms with Crippen molar-refractivity contribution in [2.24, 2.45) is 11.8 Å². The van der Waals surface area contributed by atoms with Crippen LogP contribution in [0.2, 0.25) is 0 Å². The van der Waals surface area contributed by atoms with Gasteiger partial charge in [-0.25, -0.2) is 0 Å². The standard InChI is InChI=1S/C25H26N4O4/c30-23-4-3-22(24(31)27-23)29-12-17-8-16(1-2-20(17)25(29)32)21-7-15(5-6-26-21)9-28-10-18-13-33-14-19(18)11-28/h1-2,5-8,18-19,22H,3-4,9-14H2,(H,27,30,31)/t18-,19+,22-/m1/s1. The lowest BCUT2D eigenvalue weighted by Gasteiger charge is -2.29. The Hall–Kier alpha value is -3.10. The van der Waals surface area contributed by atoms with Gasteiger partial charge in [0.15, 0.2) is 0 Å². The number of fused-ring (bicyclic) bond motifs is 2. The Morgan fingerprint density at radius 1 is 1.06 bits per heavy atom. The van der Waals surface area contributed by atoms with Crippen molar-refractivity contribution >= 4 is 17.7 Å². The third-order valence-corrected chi connectivity index (χ3v) is 7.37. The maximum atomic E-state index is 12.9. The van der Waals surface area contributed by atoms with Gasteiger partial charge in [-0.1, -0.05) is 6.07 Å². The first kappa shape index (κ1) is 20.5. The van der Waals surface area contributed by atoms with Gasteiger partial charge >= 0.3 is 0 Å². The lowest BCUT2D eigenvalue weighted by atomic mass is 10.0. The zero-order chi connectivity index (χ0) is 22.5. The second-order valence-electron chi connectivity index (χ2n) is 9.57. The van der Waals surface area contributed by atoms with Gasteiger partial charge in [0.1, 0.15) is 6.04 Å². The van der Waals surface area contributed by atoms with Crippen molar-refractivity contribution in [2.45, 2.75) is 32.0 Å². The minimum absolute atomic E-state index is 0.156. The molecule has 5 heterocycles. The molecule has 4 aliphatic rings. The largest absolute Gasteiger partial charge is 0.381 e. The predicted octanol–water partition coefficient (Wildman–Crippen LogP) is 1.59. The van der Waals surface area contributed by atoms with Gasteiger partial charge in [0.05, 0.1) is 18.9 Å². The summed E-state index contributed by atoms with van der Waals surface area (Å²) in [6.07, 6.45) is 2.47. The van der Waals surface area contributed by atoms with Gasteiger partial charge in [-0.05, 0) is 41.8 Å². The van der Waals surface area contributed by atoms with Gasteiger partial charge in [0.25, 0.3) is 5.91 Å². The van der Waals surface area contributed by atoms with Crippen molar-refractivity contribution in [3.05, 3.63) is 53.2 Å². The van der Waals surface area contributed by atoms with Gasteiger partial charge in [-0.3, -0.25) is 29.6 Å². The molecule has 0 radical (unpaired) electrons. The van der Waals surface area contributed by atoms with E-state index in [0.29, 0.717) is 30.4 Å². The molecule has 0 spiro atoms. The second kappa shape index (κ2) is 8.04. The number of hydrogen-bond donors (Lipinski definition) is 1. The number of imide groups is 1. The van der Waals surface area contributed by atoms with Crippen molar-refractivity contribution in [2.75, 3.05) is 26.3 Å². The van der Waals surface area contributed by atoms with Crippen LogP contribution in [0.3, 0.4) is 0 Å². The normalized spacial score (nSPS) is 27.1. The third kappa shape index (κ3) is 3.73. The minimum atomic E-state index is -0.599. The summed E-state index contributed by atoms with van der Waals surface area (Å²) < 4.78 is 5.59. The molecule has 1 aromatic heterocycles. The fraction of sp³-hybridized carbons (Fsp3) is 0.440. The molecule has 8 heteroatoms. The Labute approximate surface area is 191 Å². The van der Waals surface area contributed by atoms with Crippen LogP contribution in [-0.4, -0.2) is 64.9 Å². The fourth-order valence-electron chi connectivity index (χ4n) is 5.64. The van der Waals surface area contributed by atoms with Gasteiger partial charge in [-0.15, -0.1) is 0 Å². The van der Waals surface area contributed by atoms with E-state index in [1.54, 1.807) is 4.90 Å². The maximum absolute atomic E-state index is 12.9. The zero-order valence-electron chi connectivity index (χ0n) is 18.3. The van der Waals surface area contributed by atoms with E-state index in [-0.39, 0.29) is 24.1 Å². The summed E-state index contributed by atoms with van der Waals surface area (Å²) in [7, 11) is 0. The van der Waals surface area contributed by atoms with E-state index in [1.807, 2.05) is 24.4 Å². The molecule has 6 rings (SSSR count). The Morgan fingerprint density at radius 2 is 1.88 bits per heavy atom. The number of nitrogens with one attached hydrogen (secondary N) is 1.